The number of para-hydroxylation sites is 1. The Morgan fingerprint density at radius 3 is 2.57 bits per heavy atom. The highest BCUT2D eigenvalue weighted by atomic mass is 35.5. The number of pyridine rings is 1. The zero-order valence-corrected chi connectivity index (χ0v) is 16.4. The normalized spacial score (nSPS) is 11.2. The number of aromatic nitrogens is 2. The molecule has 2 aromatic carbocycles. The fourth-order valence-electron chi connectivity index (χ4n) is 2.77. The lowest BCUT2D eigenvalue weighted by molar-refractivity contribution is -0.114. The van der Waals surface area contributed by atoms with Crippen molar-refractivity contribution < 1.29 is 4.79 Å². The van der Waals surface area contributed by atoms with Crippen LogP contribution in [0.1, 0.15) is 10.7 Å². The van der Waals surface area contributed by atoms with Gasteiger partial charge in [-0.2, -0.15) is 0 Å². The predicted molar refractivity (Wildman–Crippen MR) is 116 cm³/mol. The average molecular weight is 406 g/mol. The highest BCUT2D eigenvalue weighted by Gasteiger charge is 2.15. The van der Waals surface area contributed by atoms with E-state index < -0.39 is 0 Å². The van der Waals surface area contributed by atoms with Gasteiger partial charge in [0.2, 0.25) is 0 Å². The van der Waals surface area contributed by atoms with Crippen LogP contribution < -0.4 is 4.90 Å². The first kappa shape index (κ1) is 18.3. The van der Waals surface area contributed by atoms with Gasteiger partial charge in [-0.15, -0.1) is 11.3 Å². The molecule has 2 heterocycles. The number of rotatable bonds is 5. The molecule has 0 radical (unpaired) electrons. The van der Waals surface area contributed by atoms with E-state index in [1.54, 1.807) is 46.7 Å². The Labute approximate surface area is 171 Å². The van der Waals surface area contributed by atoms with Gasteiger partial charge in [-0.25, -0.2) is 4.98 Å². The lowest BCUT2D eigenvalue weighted by atomic mass is 10.2. The number of carbonyl (C=O) groups excluding carboxylic acids is 1. The minimum absolute atomic E-state index is 0.146. The minimum atomic E-state index is -0.146. The molecule has 2 aromatic heterocycles. The number of anilines is 1. The van der Waals surface area contributed by atoms with Crippen LogP contribution in [0, 0.1) is 0 Å². The van der Waals surface area contributed by atoms with Gasteiger partial charge < -0.3 is 4.90 Å². The second kappa shape index (κ2) is 8.33. The molecule has 0 saturated carbocycles. The number of benzene rings is 2. The molecule has 0 atom stereocenters. The van der Waals surface area contributed by atoms with E-state index in [4.69, 9.17) is 11.6 Å². The monoisotopic (exact) mass is 405 g/mol. The smallest absolute Gasteiger partial charge is 0.251 e. The summed E-state index contributed by atoms with van der Waals surface area (Å²) >= 11 is 7.55. The second-order valence-electron chi connectivity index (χ2n) is 6.08. The highest BCUT2D eigenvalue weighted by Crippen LogP contribution is 2.24. The molecule has 0 bridgehead atoms. The first-order valence-corrected chi connectivity index (χ1v) is 9.89. The maximum absolute atomic E-state index is 13.0. The van der Waals surface area contributed by atoms with E-state index in [1.165, 1.54) is 0 Å². The summed E-state index contributed by atoms with van der Waals surface area (Å²) in [5.74, 6) is -0.146. The summed E-state index contributed by atoms with van der Waals surface area (Å²) in [6.07, 6.45) is 5.03. The molecule has 0 N–H and O–H groups in total. The number of thiazole rings is 1. The Morgan fingerprint density at radius 2 is 1.82 bits per heavy atom. The third-order valence-electron chi connectivity index (χ3n) is 4.13. The Bertz CT molecular complexity index is 1090. The summed E-state index contributed by atoms with van der Waals surface area (Å²) in [4.78, 5) is 23.5. The summed E-state index contributed by atoms with van der Waals surface area (Å²) in [6.45, 7) is 0.367. The van der Waals surface area contributed by atoms with E-state index in [9.17, 15) is 4.79 Å². The van der Waals surface area contributed by atoms with Crippen molar-refractivity contribution in [3.8, 4) is 0 Å². The van der Waals surface area contributed by atoms with Crippen LogP contribution in [0.25, 0.3) is 16.3 Å². The molecule has 4 nitrogen and oxygen atoms in total. The molecular formula is C22H16ClN3OS. The van der Waals surface area contributed by atoms with E-state index in [-0.39, 0.29) is 5.91 Å². The van der Waals surface area contributed by atoms with E-state index in [1.807, 2.05) is 54.6 Å². The molecule has 0 spiro atoms. The van der Waals surface area contributed by atoms with Crippen LogP contribution in [0.15, 0.2) is 79.0 Å². The van der Waals surface area contributed by atoms with Gasteiger partial charge in [0, 0.05) is 23.0 Å². The molecule has 0 saturated heterocycles. The number of hydrogen-bond donors (Lipinski definition) is 0. The van der Waals surface area contributed by atoms with Crippen molar-refractivity contribution in [2.45, 2.75) is 6.54 Å². The van der Waals surface area contributed by atoms with Gasteiger partial charge in [-0.3, -0.25) is 9.78 Å². The lowest BCUT2D eigenvalue weighted by Crippen LogP contribution is -2.29. The first-order valence-electron chi connectivity index (χ1n) is 8.70. The molecule has 138 valence electrons. The Morgan fingerprint density at radius 1 is 1.04 bits per heavy atom. The van der Waals surface area contributed by atoms with Crippen LogP contribution in [-0.4, -0.2) is 15.9 Å². The third kappa shape index (κ3) is 4.27. The minimum Gasteiger partial charge on any atom is -0.303 e. The summed E-state index contributed by atoms with van der Waals surface area (Å²) in [6, 6.07) is 20.8. The number of carbonyl (C=O) groups is 1. The average Bonchev–Trinajstić information content (AvgIpc) is 3.15. The number of amides is 1. The molecule has 0 unspecified atom stereocenters. The van der Waals surface area contributed by atoms with Crippen molar-refractivity contribution in [2.75, 3.05) is 4.90 Å². The molecule has 4 rings (SSSR count). The highest BCUT2D eigenvalue weighted by molar-refractivity contribution is 7.19. The van der Waals surface area contributed by atoms with Gasteiger partial charge in [-0.05, 0) is 54.6 Å². The standard InChI is InChI=1S/C22H16ClN3OS/c23-16-8-10-18(11-9-16)26(15-17-5-3-4-14-24-17)22(27)13-12-21-25-19-6-1-2-7-20(19)28-21/h1-14H,15H2. The predicted octanol–water partition coefficient (Wildman–Crippen LogP) is 5.59. The van der Waals surface area contributed by atoms with Crippen LogP contribution in [0.5, 0.6) is 0 Å². The van der Waals surface area contributed by atoms with Crippen molar-refractivity contribution in [1.82, 2.24) is 9.97 Å². The molecule has 1 amide bonds. The van der Waals surface area contributed by atoms with E-state index in [0.29, 0.717) is 11.6 Å². The zero-order chi connectivity index (χ0) is 19.3. The lowest BCUT2D eigenvalue weighted by Gasteiger charge is -2.21. The molecule has 0 fully saturated rings. The molecule has 0 aliphatic carbocycles. The van der Waals surface area contributed by atoms with Crippen molar-refractivity contribution in [1.29, 1.82) is 0 Å². The van der Waals surface area contributed by atoms with E-state index in [2.05, 4.69) is 9.97 Å². The largest absolute Gasteiger partial charge is 0.303 e. The summed E-state index contributed by atoms with van der Waals surface area (Å²) in [5, 5.41) is 1.42. The molecule has 6 heteroatoms. The van der Waals surface area contributed by atoms with E-state index in [0.717, 1.165) is 26.6 Å². The van der Waals surface area contributed by atoms with Crippen LogP contribution in [-0.2, 0) is 11.3 Å². The van der Waals surface area contributed by atoms with E-state index >= 15 is 0 Å². The van der Waals surface area contributed by atoms with Gasteiger partial charge in [0.25, 0.3) is 5.91 Å². The quantitative estimate of drug-likeness (QED) is 0.406. The van der Waals surface area contributed by atoms with Crippen molar-refractivity contribution in [3.05, 3.63) is 94.7 Å². The van der Waals surface area contributed by atoms with Gasteiger partial charge in [-0.1, -0.05) is 29.8 Å². The Hall–Kier alpha value is -3.02. The topological polar surface area (TPSA) is 46.1 Å². The van der Waals surface area contributed by atoms with Crippen LogP contribution in [0.2, 0.25) is 5.02 Å². The van der Waals surface area contributed by atoms with Crippen LogP contribution in [0.3, 0.4) is 0 Å². The molecular weight excluding hydrogens is 390 g/mol. The summed E-state index contributed by atoms with van der Waals surface area (Å²) in [7, 11) is 0. The Kier molecular flexibility index (Phi) is 5.46. The number of hydrogen-bond acceptors (Lipinski definition) is 4. The number of fused-ring (bicyclic) bond motifs is 1. The summed E-state index contributed by atoms with van der Waals surface area (Å²) < 4.78 is 1.10. The molecule has 0 aliphatic rings. The number of halogens is 1. The van der Waals surface area contributed by atoms with Gasteiger partial charge in [0.15, 0.2) is 0 Å². The maximum atomic E-state index is 13.0. The fourth-order valence-corrected chi connectivity index (χ4v) is 3.76. The van der Waals surface area contributed by atoms with Gasteiger partial charge >= 0.3 is 0 Å². The summed E-state index contributed by atoms with van der Waals surface area (Å²) in [5.41, 5.74) is 2.50. The van der Waals surface area contributed by atoms with Crippen LogP contribution in [0.4, 0.5) is 5.69 Å². The number of nitrogens with zero attached hydrogens (tertiary/aromatic N) is 3. The van der Waals surface area contributed by atoms with Crippen molar-refractivity contribution >= 4 is 50.8 Å². The Balaban J connectivity index is 1.60. The van der Waals surface area contributed by atoms with Crippen molar-refractivity contribution in [3.63, 3.8) is 0 Å². The van der Waals surface area contributed by atoms with Gasteiger partial charge in [0.05, 0.1) is 22.5 Å². The van der Waals surface area contributed by atoms with Crippen molar-refractivity contribution in [2.24, 2.45) is 0 Å². The molecule has 28 heavy (non-hydrogen) atoms. The van der Waals surface area contributed by atoms with Crippen LogP contribution >= 0.6 is 22.9 Å². The second-order valence-corrected chi connectivity index (χ2v) is 7.57. The molecule has 0 aliphatic heterocycles. The zero-order valence-electron chi connectivity index (χ0n) is 14.8. The fraction of sp³-hybridized carbons (Fsp3) is 0.0455. The molecule has 4 aromatic rings. The third-order valence-corrected chi connectivity index (χ3v) is 5.38. The maximum Gasteiger partial charge on any atom is 0.251 e. The van der Waals surface area contributed by atoms with Gasteiger partial charge in [0.1, 0.15) is 5.01 Å². The first-order chi connectivity index (χ1) is 13.7. The SMILES string of the molecule is O=C(C=Cc1nc2ccccc2s1)N(Cc1ccccn1)c1ccc(Cl)cc1.